The average molecular weight is 364 g/mol. The van der Waals surface area contributed by atoms with E-state index in [9.17, 15) is 4.79 Å². The van der Waals surface area contributed by atoms with Gasteiger partial charge in [0.15, 0.2) is 0 Å². The van der Waals surface area contributed by atoms with Gasteiger partial charge in [0.1, 0.15) is 5.69 Å². The van der Waals surface area contributed by atoms with Crippen molar-refractivity contribution >= 4 is 5.91 Å². The summed E-state index contributed by atoms with van der Waals surface area (Å²) in [5.74, 6) is 0.472. The number of amides is 1. The number of hydrogen-bond donors (Lipinski definition) is 1. The third-order valence-corrected chi connectivity index (χ3v) is 5.31. The Morgan fingerprint density at radius 3 is 2.63 bits per heavy atom. The highest BCUT2D eigenvalue weighted by Crippen LogP contribution is 2.29. The van der Waals surface area contributed by atoms with Crippen molar-refractivity contribution in [2.75, 3.05) is 13.1 Å². The molecule has 1 aliphatic rings. The first-order chi connectivity index (χ1) is 13.2. The quantitative estimate of drug-likeness (QED) is 0.772. The Kier molecular flexibility index (Phi) is 4.75. The Hall–Kier alpha value is -2.96. The number of rotatable bonds is 4. The lowest BCUT2D eigenvalue weighted by molar-refractivity contribution is 0.0701. The van der Waals surface area contributed by atoms with Crippen LogP contribution in [-0.2, 0) is 13.5 Å². The van der Waals surface area contributed by atoms with Gasteiger partial charge in [-0.2, -0.15) is 10.2 Å². The summed E-state index contributed by atoms with van der Waals surface area (Å²) in [6, 6.07) is 7.94. The first kappa shape index (κ1) is 17.5. The fraction of sp³-hybridized carbons (Fsp3) is 0.400. The molecule has 3 aromatic heterocycles. The van der Waals surface area contributed by atoms with Crippen molar-refractivity contribution in [1.29, 1.82) is 0 Å². The lowest BCUT2D eigenvalue weighted by Crippen LogP contribution is -2.38. The second-order valence-corrected chi connectivity index (χ2v) is 7.01. The van der Waals surface area contributed by atoms with E-state index in [2.05, 4.69) is 26.3 Å². The molecule has 3 aromatic rings. The van der Waals surface area contributed by atoms with Crippen LogP contribution < -0.4 is 0 Å². The van der Waals surface area contributed by atoms with Crippen molar-refractivity contribution in [3.8, 4) is 11.3 Å². The second kappa shape index (κ2) is 7.34. The average Bonchev–Trinajstić information content (AvgIpc) is 3.35. The Bertz CT molecular complexity index is 921. The molecule has 0 radical (unpaired) electrons. The van der Waals surface area contributed by atoms with Gasteiger partial charge < -0.3 is 4.90 Å². The van der Waals surface area contributed by atoms with Crippen molar-refractivity contribution in [1.82, 2.24) is 29.9 Å². The van der Waals surface area contributed by atoms with Gasteiger partial charge in [-0.25, -0.2) is 0 Å². The van der Waals surface area contributed by atoms with Crippen LogP contribution >= 0.6 is 0 Å². The fourth-order valence-corrected chi connectivity index (χ4v) is 3.67. The highest BCUT2D eigenvalue weighted by atomic mass is 16.2. The van der Waals surface area contributed by atoms with Gasteiger partial charge in [0.25, 0.3) is 5.91 Å². The summed E-state index contributed by atoms with van der Waals surface area (Å²) in [5, 5.41) is 12.0. The van der Waals surface area contributed by atoms with Gasteiger partial charge in [0.05, 0.1) is 11.4 Å². The molecule has 1 fully saturated rings. The molecule has 0 spiro atoms. The highest BCUT2D eigenvalue weighted by Gasteiger charge is 2.27. The summed E-state index contributed by atoms with van der Waals surface area (Å²) in [5.41, 5.74) is 4.77. The van der Waals surface area contributed by atoms with E-state index < -0.39 is 0 Å². The third kappa shape index (κ3) is 3.49. The maximum absolute atomic E-state index is 12.8. The standard InChI is InChI=1S/C20H24N6O/c1-3-16-12-19(25(2)24-16)20(27)26-10-6-15(7-11-26)18-13-17(22-23-18)14-4-8-21-9-5-14/h4-5,8-9,12-13,15H,3,6-7,10-11H2,1-2H3,(H,22,23). The minimum absolute atomic E-state index is 0.0743. The van der Waals surface area contributed by atoms with E-state index in [1.54, 1.807) is 17.1 Å². The van der Waals surface area contributed by atoms with E-state index in [-0.39, 0.29) is 5.91 Å². The molecule has 0 aliphatic carbocycles. The number of nitrogens with one attached hydrogen (secondary N) is 1. The van der Waals surface area contributed by atoms with Crippen molar-refractivity contribution < 1.29 is 4.79 Å². The van der Waals surface area contributed by atoms with Crippen molar-refractivity contribution in [3.63, 3.8) is 0 Å². The molecule has 0 unspecified atom stereocenters. The number of hydrogen-bond acceptors (Lipinski definition) is 4. The number of likely N-dealkylation sites (tertiary alicyclic amines) is 1. The van der Waals surface area contributed by atoms with Crippen molar-refractivity contribution in [2.45, 2.75) is 32.1 Å². The zero-order valence-electron chi connectivity index (χ0n) is 15.7. The molecule has 7 nitrogen and oxygen atoms in total. The number of nitrogens with zero attached hydrogens (tertiary/aromatic N) is 5. The number of carbonyl (C=O) groups excluding carboxylic acids is 1. The van der Waals surface area contributed by atoms with Gasteiger partial charge in [-0.3, -0.25) is 19.6 Å². The first-order valence-corrected chi connectivity index (χ1v) is 9.43. The monoisotopic (exact) mass is 364 g/mol. The minimum Gasteiger partial charge on any atom is -0.337 e. The molecule has 1 N–H and O–H groups in total. The SMILES string of the molecule is CCc1cc(C(=O)N2CCC(c3cc(-c4ccncc4)n[nH]3)CC2)n(C)n1. The predicted octanol–water partition coefficient (Wildman–Crippen LogP) is 2.79. The van der Waals surface area contributed by atoms with Crippen LogP contribution in [0, 0.1) is 0 Å². The van der Waals surface area contributed by atoms with E-state index in [4.69, 9.17) is 0 Å². The summed E-state index contributed by atoms with van der Waals surface area (Å²) in [6.45, 7) is 3.55. The molecule has 0 aromatic carbocycles. The lowest BCUT2D eigenvalue weighted by Gasteiger charge is -2.31. The highest BCUT2D eigenvalue weighted by molar-refractivity contribution is 5.92. The maximum atomic E-state index is 12.8. The van der Waals surface area contributed by atoms with Gasteiger partial charge in [-0.05, 0) is 43.5 Å². The molecule has 27 heavy (non-hydrogen) atoms. The largest absolute Gasteiger partial charge is 0.337 e. The summed E-state index contributed by atoms with van der Waals surface area (Å²) in [6.07, 6.45) is 6.25. The number of pyridine rings is 1. The normalized spacial score (nSPS) is 15.3. The van der Waals surface area contributed by atoms with Crippen LogP contribution in [0.4, 0.5) is 0 Å². The van der Waals surface area contributed by atoms with Crippen LogP contribution in [0.15, 0.2) is 36.7 Å². The molecule has 1 saturated heterocycles. The lowest BCUT2D eigenvalue weighted by atomic mass is 9.93. The van der Waals surface area contributed by atoms with E-state index in [0.717, 1.165) is 55.0 Å². The van der Waals surface area contributed by atoms with Crippen LogP contribution in [-0.4, -0.2) is 48.9 Å². The van der Waals surface area contributed by atoms with Gasteiger partial charge >= 0.3 is 0 Å². The van der Waals surface area contributed by atoms with Gasteiger partial charge in [0, 0.05) is 49.7 Å². The van der Waals surface area contributed by atoms with E-state index in [1.165, 1.54) is 0 Å². The van der Waals surface area contributed by atoms with Crippen LogP contribution in [0.3, 0.4) is 0 Å². The predicted molar refractivity (Wildman–Crippen MR) is 102 cm³/mol. The van der Waals surface area contributed by atoms with E-state index in [0.29, 0.717) is 11.6 Å². The van der Waals surface area contributed by atoms with Crippen LogP contribution in [0.5, 0.6) is 0 Å². The number of carbonyl (C=O) groups is 1. The Morgan fingerprint density at radius 2 is 1.96 bits per heavy atom. The molecular formula is C20H24N6O. The Labute approximate surface area is 158 Å². The van der Waals surface area contributed by atoms with E-state index >= 15 is 0 Å². The molecule has 1 amide bonds. The summed E-state index contributed by atoms with van der Waals surface area (Å²) in [7, 11) is 1.84. The van der Waals surface area contributed by atoms with Crippen LogP contribution in [0.25, 0.3) is 11.3 Å². The third-order valence-electron chi connectivity index (χ3n) is 5.31. The topological polar surface area (TPSA) is 79.7 Å². The van der Waals surface area contributed by atoms with Gasteiger partial charge in [-0.15, -0.1) is 0 Å². The minimum atomic E-state index is 0.0743. The Balaban J connectivity index is 1.41. The maximum Gasteiger partial charge on any atom is 0.272 e. The smallest absolute Gasteiger partial charge is 0.272 e. The molecular weight excluding hydrogens is 340 g/mol. The van der Waals surface area contributed by atoms with Gasteiger partial charge in [-0.1, -0.05) is 6.92 Å². The van der Waals surface area contributed by atoms with Crippen molar-refractivity contribution in [3.05, 3.63) is 53.7 Å². The molecule has 1 aliphatic heterocycles. The van der Waals surface area contributed by atoms with E-state index in [1.807, 2.05) is 37.1 Å². The molecule has 0 atom stereocenters. The van der Waals surface area contributed by atoms with Crippen LogP contribution in [0.1, 0.15) is 47.6 Å². The molecule has 7 heteroatoms. The summed E-state index contributed by atoms with van der Waals surface area (Å²) < 4.78 is 1.70. The fourth-order valence-electron chi connectivity index (χ4n) is 3.67. The molecule has 140 valence electrons. The number of aromatic nitrogens is 5. The number of H-pyrrole nitrogens is 1. The number of aryl methyl sites for hydroxylation is 2. The number of aromatic amines is 1. The van der Waals surface area contributed by atoms with Gasteiger partial charge in [0.2, 0.25) is 0 Å². The van der Waals surface area contributed by atoms with Crippen molar-refractivity contribution in [2.24, 2.45) is 7.05 Å². The number of piperidine rings is 1. The zero-order valence-corrected chi connectivity index (χ0v) is 15.7. The molecule has 0 bridgehead atoms. The zero-order chi connectivity index (χ0) is 18.8. The first-order valence-electron chi connectivity index (χ1n) is 9.43. The molecule has 4 rings (SSSR count). The second-order valence-electron chi connectivity index (χ2n) is 7.01. The summed E-state index contributed by atoms with van der Waals surface area (Å²) in [4.78, 5) is 18.8. The van der Waals surface area contributed by atoms with Crippen LogP contribution in [0.2, 0.25) is 0 Å². The molecule has 4 heterocycles. The molecule has 0 saturated carbocycles. The Morgan fingerprint density at radius 1 is 1.22 bits per heavy atom. The summed E-state index contributed by atoms with van der Waals surface area (Å²) >= 11 is 0.